The summed E-state index contributed by atoms with van der Waals surface area (Å²) < 4.78 is 42.8. The van der Waals surface area contributed by atoms with Gasteiger partial charge in [-0.15, -0.1) is 0 Å². The van der Waals surface area contributed by atoms with Gasteiger partial charge in [0, 0.05) is 37.4 Å². The van der Waals surface area contributed by atoms with Crippen LogP contribution in [0, 0.1) is 22.8 Å². The van der Waals surface area contributed by atoms with Crippen LogP contribution in [0.25, 0.3) is 93.6 Å². The first-order valence-electron chi connectivity index (χ1n) is 21.9. The van der Waals surface area contributed by atoms with Gasteiger partial charge >= 0.3 is 194 Å². The van der Waals surface area contributed by atoms with E-state index in [-0.39, 0.29) is 11.0 Å². The van der Waals surface area contributed by atoms with Crippen molar-refractivity contribution in [1.29, 1.82) is 0 Å². The average molecular weight is 972 g/mol. The third-order valence-corrected chi connectivity index (χ3v) is 13.6. The number of hydrogen-bond donors (Lipinski definition) is 0. The molecule has 7 heteroatoms. The maximum absolute atomic E-state index is 8.81. The number of fused-ring (bicyclic) bond motifs is 10. The molecular formula is C54H39N5OPt-2. The predicted octanol–water partition coefficient (Wildman–Crippen LogP) is 13.4. The molecule has 298 valence electrons. The number of aryl methyl sites for hydroxylation is 2. The normalized spacial score (nSPS) is 13.4. The van der Waals surface area contributed by atoms with Crippen LogP contribution in [0.5, 0.6) is 11.5 Å². The molecule has 5 aromatic heterocycles. The SMILES string of the molecule is [2H]C([2H])([2H])c1cc(-n2c3[c-]c(Oc4[c-]c(-n5[c](=[Pt])n(C)c6ccccc65)ccc4)ccc3c3cc4c5cccc6c7ccccc7n(c4cc32)c65)ncc1-c1ccc(C(C)(C)C)cc1. The maximum atomic E-state index is 8.81. The van der Waals surface area contributed by atoms with Crippen molar-refractivity contribution in [2.75, 3.05) is 0 Å². The number of hydrogen-bond acceptors (Lipinski definition) is 2. The van der Waals surface area contributed by atoms with E-state index in [9.17, 15) is 0 Å². The fraction of sp³-hybridized carbons (Fsp3) is 0.111. The molecule has 0 aliphatic heterocycles. The van der Waals surface area contributed by atoms with Crippen molar-refractivity contribution < 1.29 is 28.2 Å². The second-order valence-corrected chi connectivity index (χ2v) is 17.9. The Bertz CT molecular complexity index is 3940. The number of pyridine rings is 1. The minimum Gasteiger partial charge on any atom is -0.0579 e. The Balaban J connectivity index is 1.08. The van der Waals surface area contributed by atoms with Crippen LogP contribution in [-0.2, 0) is 31.8 Å². The molecule has 0 spiro atoms. The Morgan fingerprint density at radius 2 is 1.33 bits per heavy atom. The van der Waals surface area contributed by atoms with E-state index in [1.807, 2.05) is 53.1 Å². The summed E-state index contributed by atoms with van der Waals surface area (Å²) in [4.78, 5) is 5.08. The summed E-state index contributed by atoms with van der Waals surface area (Å²) in [6.07, 6.45) is 1.71. The molecule has 0 saturated carbocycles. The fourth-order valence-corrected chi connectivity index (χ4v) is 10.1. The summed E-state index contributed by atoms with van der Waals surface area (Å²) in [6.45, 7) is 4.08. The van der Waals surface area contributed by atoms with Gasteiger partial charge in [-0.3, -0.25) is 0 Å². The second-order valence-electron chi connectivity index (χ2n) is 16.9. The zero-order valence-electron chi connectivity index (χ0n) is 36.8. The van der Waals surface area contributed by atoms with Gasteiger partial charge in [-0.05, 0) is 35.0 Å². The van der Waals surface area contributed by atoms with Gasteiger partial charge in [0.15, 0.2) is 0 Å². The fourth-order valence-electron chi connectivity index (χ4n) is 9.32. The predicted molar refractivity (Wildman–Crippen MR) is 245 cm³/mol. The molecule has 12 rings (SSSR count). The summed E-state index contributed by atoms with van der Waals surface area (Å²) >= 11 is 2.35. The van der Waals surface area contributed by atoms with Gasteiger partial charge in [0.25, 0.3) is 0 Å². The molecule has 7 aromatic carbocycles. The Kier molecular flexibility index (Phi) is 7.10. The van der Waals surface area contributed by atoms with E-state index in [0.717, 1.165) is 58.8 Å². The van der Waals surface area contributed by atoms with Crippen LogP contribution in [0.1, 0.15) is 36.0 Å². The summed E-state index contributed by atoms with van der Waals surface area (Å²) in [6, 6.07) is 54.8. The standard InChI is InChI=1S/C54H39N5O.Pt/c1-33-26-52(55-31-45(33)34-20-22-35(23-21-34)54(2,3)4)58-49-28-38(60-37-13-10-12-36(27-37)57-32-56(5)47-18-8-9-19-48(47)57)24-25-40(49)43-29-44-42-16-11-15-41-39-14-6-7-17-46(39)59(53(41)42)51(44)30-50(43)58;/h6-26,29-31H,1-5H3;/q-2;/i1D3;. The Hall–Kier alpha value is -6.75. The van der Waals surface area contributed by atoms with Crippen LogP contribution in [0.4, 0.5) is 0 Å². The molecule has 0 amide bonds. The number of para-hydroxylation sites is 4. The molecule has 0 bridgehead atoms. The minimum atomic E-state index is -2.42. The van der Waals surface area contributed by atoms with Crippen molar-refractivity contribution in [3.63, 3.8) is 0 Å². The van der Waals surface area contributed by atoms with Crippen molar-refractivity contribution in [2.45, 2.75) is 33.0 Å². The van der Waals surface area contributed by atoms with Crippen molar-refractivity contribution in [1.82, 2.24) is 23.1 Å². The van der Waals surface area contributed by atoms with Gasteiger partial charge in [-0.25, -0.2) is 0 Å². The summed E-state index contributed by atoms with van der Waals surface area (Å²) in [5, 5.41) is 6.66. The average Bonchev–Trinajstić information content (AvgIpc) is 3.98. The third-order valence-electron chi connectivity index (χ3n) is 12.3. The molecule has 0 aliphatic rings. The van der Waals surface area contributed by atoms with Crippen molar-refractivity contribution in [3.05, 3.63) is 173 Å². The third kappa shape index (κ3) is 5.38. The van der Waals surface area contributed by atoms with Crippen LogP contribution < -0.4 is 4.74 Å². The van der Waals surface area contributed by atoms with Gasteiger partial charge in [-0.2, -0.15) is 0 Å². The van der Waals surface area contributed by atoms with E-state index in [1.54, 1.807) is 12.3 Å². The zero-order valence-corrected chi connectivity index (χ0v) is 36.1. The van der Waals surface area contributed by atoms with Crippen LogP contribution in [0.2, 0.25) is 0 Å². The first-order chi connectivity index (χ1) is 30.8. The van der Waals surface area contributed by atoms with Gasteiger partial charge < -0.3 is 4.40 Å². The summed E-state index contributed by atoms with van der Waals surface area (Å²) in [5.41, 5.74) is 10.7. The molecule has 0 radical (unpaired) electrons. The summed E-state index contributed by atoms with van der Waals surface area (Å²) in [5.74, 6) is 1.50. The Morgan fingerprint density at radius 1 is 0.623 bits per heavy atom. The van der Waals surface area contributed by atoms with Gasteiger partial charge in [0.2, 0.25) is 0 Å². The van der Waals surface area contributed by atoms with E-state index < -0.39 is 6.85 Å². The molecule has 0 N–H and O–H groups in total. The minimum absolute atomic E-state index is 0.0430. The van der Waals surface area contributed by atoms with Crippen molar-refractivity contribution >= 4 is 70.9 Å². The first kappa shape index (κ1) is 33.0. The smallest absolute Gasteiger partial charge is 0.0579 e. The van der Waals surface area contributed by atoms with E-state index in [1.165, 1.54) is 27.2 Å². The molecule has 12 aromatic rings. The number of aromatic nitrogens is 5. The monoisotopic (exact) mass is 971 g/mol. The molecule has 0 unspecified atom stereocenters. The topological polar surface area (TPSA) is 41.3 Å². The Labute approximate surface area is 367 Å². The van der Waals surface area contributed by atoms with E-state index >= 15 is 0 Å². The van der Waals surface area contributed by atoms with Crippen LogP contribution >= 0.6 is 0 Å². The summed E-state index contributed by atoms with van der Waals surface area (Å²) in [7, 11) is 2.06. The van der Waals surface area contributed by atoms with E-state index in [0.29, 0.717) is 28.4 Å². The van der Waals surface area contributed by atoms with E-state index in [4.69, 9.17) is 13.8 Å². The molecule has 0 atom stereocenters. The molecule has 61 heavy (non-hydrogen) atoms. The zero-order chi connectivity index (χ0) is 43.8. The molecule has 0 saturated heterocycles. The van der Waals surface area contributed by atoms with Gasteiger partial charge in [0.05, 0.1) is 16.6 Å². The van der Waals surface area contributed by atoms with Crippen LogP contribution in [0.3, 0.4) is 0 Å². The number of nitrogens with zero attached hydrogens (tertiary/aromatic N) is 5. The van der Waals surface area contributed by atoms with Gasteiger partial charge in [0.1, 0.15) is 0 Å². The van der Waals surface area contributed by atoms with Crippen molar-refractivity contribution in [2.24, 2.45) is 7.05 Å². The quantitative estimate of drug-likeness (QED) is 0.161. The number of benzene rings is 7. The molecule has 5 heterocycles. The molecule has 0 aliphatic carbocycles. The number of ether oxygens (including phenoxy) is 1. The van der Waals surface area contributed by atoms with Crippen LogP contribution in [-0.4, -0.2) is 23.1 Å². The van der Waals surface area contributed by atoms with Crippen LogP contribution in [0.15, 0.2) is 146 Å². The first-order valence-corrected chi connectivity index (χ1v) is 21.5. The molecule has 6 nitrogen and oxygen atoms in total. The van der Waals surface area contributed by atoms with Crippen molar-refractivity contribution in [3.8, 4) is 34.1 Å². The van der Waals surface area contributed by atoms with Gasteiger partial charge in [-0.1, -0.05) is 81.4 Å². The number of rotatable bonds is 5. The number of imidazole rings is 1. The molecule has 0 fully saturated rings. The second kappa shape index (κ2) is 13.1. The van der Waals surface area contributed by atoms with E-state index in [2.05, 4.69) is 158 Å². The molecular weight excluding hydrogens is 930 g/mol. The Morgan fingerprint density at radius 3 is 2.13 bits per heavy atom.